The van der Waals surface area contributed by atoms with E-state index in [-0.39, 0.29) is 29.4 Å². The molecule has 0 aliphatic heterocycles. The molecule has 38 valence electrons. The van der Waals surface area contributed by atoms with Crippen molar-refractivity contribution in [2.24, 2.45) is 0 Å². The molecule has 0 aliphatic rings. The normalized spacial score (nSPS) is 13.0. The minimum absolute atomic E-state index is 0.201. The average molecular weight is 130 g/mol. The molecular formula is C2H6F2P2. The van der Waals surface area contributed by atoms with Crippen molar-refractivity contribution in [3.63, 3.8) is 0 Å². The minimum atomic E-state index is -0.345. The van der Waals surface area contributed by atoms with Crippen LogP contribution >= 0.6 is 16.5 Å². The fourth-order valence-corrected chi connectivity index (χ4v) is 0.850. The fourth-order valence-electron chi connectivity index (χ4n) is 0.0945. The summed E-state index contributed by atoms with van der Waals surface area (Å²) in [4.78, 5) is 0. The molecule has 2 unspecified atom stereocenters. The number of alkyl halides is 2. The first-order valence-corrected chi connectivity index (χ1v) is 4.91. The Hall–Kier alpha value is 0.720. The van der Waals surface area contributed by atoms with Gasteiger partial charge in [0.05, 0.1) is 0 Å². The Morgan fingerprint density at radius 1 is 1.00 bits per heavy atom. The number of halogens is 2. The van der Waals surface area contributed by atoms with Crippen molar-refractivity contribution in [3.05, 3.63) is 0 Å². The molecular weight excluding hydrogens is 124 g/mol. The highest BCUT2D eigenvalue weighted by Gasteiger charge is 1.79. The van der Waals surface area contributed by atoms with Gasteiger partial charge in [-0.15, -0.1) is 0 Å². The third kappa shape index (κ3) is 4.72. The minimum Gasteiger partial charge on any atom is -0.246 e. The second-order valence-electron chi connectivity index (χ2n) is 0.621. The van der Waals surface area contributed by atoms with Gasteiger partial charge < -0.3 is 0 Å². The lowest BCUT2D eigenvalue weighted by Gasteiger charge is -1.83. The van der Waals surface area contributed by atoms with Crippen molar-refractivity contribution in [1.82, 2.24) is 0 Å². The van der Waals surface area contributed by atoms with Gasteiger partial charge in [0, 0.05) is 0 Å². The smallest absolute Gasteiger partial charge is 0.109 e. The molecule has 0 heterocycles. The van der Waals surface area contributed by atoms with E-state index in [4.69, 9.17) is 0 Å². The van der Waals surface area contributed by atoms with Crippen LogP contribution in [0.25, 0.3) is 0 Å². The number of hydrogen-bond donors (Lipinski definition) is 0. The Morgan fingerprint density at radius 2 is 1.33 bits per heavy atom. The van der Waals surface area contributed by atoms with Crippen molar-refractivity contribution < 1.29 is 8.78 Å². The largest absolute Gasteiger partial charge is 0.246 e. The Balaban J connectivity index is 2.34. The van der Waals surface area contributed by atoms with E-state index in [1.165, 1.54) is 0 Å². The van der Waals surface area contributed by atoms with Gasteiger partial charge in [-0.05, 0) is 0 Å². The molecule has 0 aliphatic carbocycles. The van der Waals surface area contributed by atoms with Gasteiger partial charge in [0.15, 0.2) is 0 Å². The van der Waals surface area contributed by atoms with Gasteiger partial charge in [-0.25, -0.2) is 8.78 Å². The van der Waals surface area contributed by atoms with E-state index >= 15 is 0 Å². The first kappa shape index (κ1) is 6.72. The highest BCUT2D eigenvalue weighted by atomic mass is 32.0. The molecule has 0 aromatic heterocycles. The maximum absolute atomic E-state index is 11.0. The van der Waals surface area contributed by atoms with Crippen LogP contribution in [0.15, 0.2) is 0 Å². The van der Waals surface area contributed by atoms with Gasteiger partial charge in [0.1, 0.15) is 12.8 Å². The Bertz CT molecular complexity index is 21.5. The lowest BCUT2D eigenvalue weighted by atomic mass is 11.8. The van der Waals surface area contributed by atoms with Crippen molar-refractivity contribution in [3.8, 4) is 0 Å². The summed E-state index contributed by atoms with van der Waals surface area (Å²) >= 11 is 0. The summed E-state index contributed by atoms with van der Waals surface area (Å²) in [6.07, 6.45) is -0.690. The Morgan fingerprint density at radius 3 is 1.50 bits per heavy atom. The van der Waals surface area contributed by atoms with Crippen molar-refractivity contribution in [2.45, 2.75) is 0 Å². The molecule has 0 radical (unpaired) electrons. The van der Waals surface area contributed by atoms with Crippen molar-refractivity contribution >= 4 is 16.5 Å². The molecule has 0 nitrogen and oxygen atoms in total. The second kappa shape index (κ2) is 5.72. The zero-order valence-electron chi connectivity index (χ0n) is 3.17. The lowest BCUT2D eigenvalue weighted by molar-refractivity contribution is 0.599. The van der Waals surface area contributed by atoms with E-state index in [0.29, 0.717) is 0 Å². The maximum Gasteiger partial charge on any atom is 0.109 e. The summed E-state index contributed by atoms with van der Waals surface area (Å²) in [5.74, 6) is 0. The van der Waals surface area contributed by atoms with Crippen LogP contribution in [0.2, 0.25) is 0 Å². The molecule has 0 aromatic rings. The Kier molecular flexibility index (Phi) is 6.41. The van der Waals surface area contributed by atoms with E-state index in [1.54, 1.807) is 0 Å². The van der Waals surface area contributed by atoms with E-state index in [1.807, 2.05) is 0 Å². The first-order chi connectivity index (χ1) is 2.91. The SMILES string of the molecule is FCPPCF. The van der Waals surface area contributed by atoms with Gasteiger partial charge in [0.25, 0.3) is 0 Å². The molecule has 0 spiro atoms. The Labute approximate surface area is 39.2 Å². The second-order valence-corrected chi connectivity index (χ2v) is 3.98. The molecule has 0 N–H and O–H groups in total. The quantitative estimate of drug-likeness (QED) is 0.405. The van der Waals surface area contributed by atoms with Crippen molar-refractivity contribution in [2.75, 3.05) is 12.8 Å². The van der Waals surface area contributed by atoms with Crippen LogP contribution in [-0.2, 0) is 0 Å². The van der Waals surface area contributed by atoms with Gasteiger partial charge in [0.2, 0.25) is 0 Å². The summed E-state index contributed by atoms with van der Waals surface area (Å²) in [6.45, 7) is 0. The topological polar surface area (TPSA) is 0 Å². The summed E-state index contributed by atoms with van der Waals surface area (Å²) in [6, 6.07) is 0. The van der Waals surface area contributed by atoms with Gasteiger partial charge >= 0.3 is 0 Å². The van der Waals surface area contributed by atoms with Crippen LogP contribution in [-0.4, -0.2) is 12.8 Å². The number of hydrogen-bond acceptors (Lipinski definition) is 0. The molecule has 0 saturated heterocycles. The van der Waals surface area contributed by atoms with Crippen LogP contribution in [0.1, 0.15) is 0 Å². The molecule has 0 saturated carbocycles. The molecule has 0 bridgehead atoms. The fraction of sp³-hybridized carbons (Fsp3) is 1.00. The zero-order valence-corrected chi connectivity index (χ0v) is 5.17. The average Bonchev–Trinajstić information content (AvgIpc) is 1.61. The predicted octanol–water partition coefficient (Wildman–Crippen LogP) is 2.11. The summed E-state index contributed by atoms with van der Waals surface area (Å²) in [7, 11) is 0.402. The predicted molar refractivity (Wildman–Crippen MR) is 28.6 cm³/mol. The molecule has 0 rings (SSSR count). The van der Waals surface area contributed by atoms with E-state index < -0.39 is 0 Å². The standard InChI is InChI=1S/C2H6F2P2/c3-1-5-6-2-4/h5-6H,1-2H2. The van der Waals surface area contributed by atoms with Gasteiger partial charge in [-0.1, -0.05) is 16.5 Å². The molecule has 6 heavy (non-hydrogen) atoms. The zero-order chi connectivity index (χ0) is 4.83. The lowest BCUT2D eigenvalue weighted by Crippen LogP contribution is -1.48. The van der Waals surface area contributed by atoms with Crippen LogP contribution in [0, 0.1) is 0 Å². The van der Waals surface area contributed by atoms with Crippen LogP contribution in [0.3, 0.4) is 0 Å². The highest BCUT2D eigenvalue weighted by Crippen LogP contribution is 2.35. The van der Waals surface area contributed by atoms with Crippen molar-refractivity contribution in [1.29, 1.82) is 0 Å². The van der Waals surface area contributed by atoms with Crippen LogP contribution in [0.5, 0.6) is 0 Å². The van der Waals surface area contributed by atoms with Gasteiger partial charge in [-0.3, -0.25) is 0 Å². The summed E-state index contributed by atoms with van der Waals surface area (Å²) in [5.41, 5.74) is 0. The summed E-state index contributed by atoms with van der Waals surface area (Å²) < 4.78 is 22.1. The molecule has 0 aromatic carbocycles. The highest BCUT2D eigenvalue weighted by molar-refractivity contribution is 8.11. The van der Waals surface area contributed by atoms with E-state index in [2.05, 4.69) is 0 Å². The third-order valence-electron chi connectivity index (χ3n) is 0.259. The molecule has 0 fully saturated rings. The maximum atomic E-state index is 11.0. The molecule has 4 heteroatoms. The third-order valence-corrected chi connectivity index (χ3v) is 2.33. The monoisotopic (exact) mass is 130 g/mol. The first-order valence-electron chi connectivity index (χ1n) is 1.49. The van der Waals surface area contributed by atoms with Crippen LogP contribution in [0.4, 0.5) is 8.78 Å². The van der Waals surface area contributed by atoms with Gasteiger partial charge in [-0.2, -0.15) is 0 Å². The van der Waals surface area contributed by atoms with E-state index in [0.717, 1.165) is 0 Å². The molecule has 2 atom stereocenters. The van der Waals surface area contributed by atoms with Crippen LogP contribution < -0.4 is 0 Å². The van der Waals surface area contributed by atoms with E-state index in [9.17, 15) is 8.78 Å². The molecule has 0 amide bonds. The summed E-state index contributed by atoms with van der Waals surface area (Å²) in [5, 5.41) is 0. The number of rotatable bonds is 3.